The van der Waals surface area contributed by atoms with E-state index >= 15 is 0 Å². The summed E-state index contributed by atoms with van der Waals surface area (Å²) in [6.45, 7) is 9.29. The molecule has 0 amide bonds. The molecule has 1 heterocycles. The first-order chi connectivity index (χ1) is 8.15. The molecule has 1 aromatic carbocycles. The lowest BCUT2D eigenvalue weighted by molar-refractivity contribution is 0.639. The average molecular weight is 230 g/mol. The van der Waals surface area contributed by atoms with Gasteiger partial charge in [-0.1, -0.05) is 17.7 Å². The number of rotatable bonds is 4. The fraction of sp³-hybridized carbons (Fsp3) is 0.357. The van der Waals surface area contributed by atoms with E-state index in [1.807, 2.05) is 47.2 Å². The maximum absolute atomic E-state index is 12.2. The zero-order chi connectivity index (χ0) is 12.4. The third-order valence-corrected chi connectivity index (χ3v) is 3.00. The lowest BCUT2D eigenvalue weighted by Gasteiger charge is -2.02. The molecule has 0 N–H and O–H groups in total. The third kappa shape index (κ3) is 2.05. The van der Waals surface area contributed by atoms with Crippen molar-refractivity contribution in [2.45, 2.75) is 33.4 Å². The van der Waals surface area contributed by atoms with E-state index in [9.17, 15) is 4.79 Å². The fourth-order valence-corrected chi connectivity index (χ4v) is 2.10. The predicted molar refractivity (Wildman–Crippen MR) is 71.3 cm³/mol. The van der Waals surface area contributed by atoms with E-state index in [1.54, 1.807) is 0 Å². The molecular formula is C14H18N2O. The molecule has 3 heteroatoms. The molecular weight excluding hydrogens is 212 g/mol. The highest BCUT2D eigenvalue weighted by atomic mass is 16.1. The van der Waals surface area contributed by atoms with Crippen molar-refractivity contribution < 1.29 is 0 Å². The van der Waals surface area contributed by atoms with Crippen LogP contribution < -0.4 is 5.69 Å². The molecule has 0 atom stereocenters. The first-order valence-corrected chi connectivity index (χ1v) is 5.97. The van der Waals surface area contributed by atoms with E-state index in [-0.39, 0.29) is 5.69 Å². The van der Waals surface area contributed by atoms with Gasteiger partial charge in [-0.2, -0.15) is 0 Å². The number of imidazole rings is 1. The molecule has 90 valence electrons. The Morgan fingerprint density at radius 3 is 2.35 bits per heavy atom. The maximum atomic E-state index is 12.2. The SMILES string of the molecule is C=C(C)CCn1c(=O)n(CC)c2ccccc21. The molecule has 0 unspecified atom stereocenters. The average Bonchev–Trinajstić information content (AvgIpc) is 2.58. The molecule has 3 nitrogen and oxygen atoms in total. The number of para-hydroxylation sites is 2. The number of fused-ring (bicyclic) bond motifs is 1. The largest absolute Gasteiger partial charge is 0.329 e. The Balaban J connectivity index is 2.58. The quantitative estimate of drug-likeness (QED) is 0.742. The van der Waals surface area contributed by atoms with Gasteiger partial charge in [0.1, 0.15) is 0 Å². The van der Waals surface area contributed by atoms with E-state index in [2.05, 4.69) is 6.58 Å². The Morgan fingerprint density at radius 2 is 1.82 bits per heavy atom. The summed E-state index contributed by atoms with van der Waals surface area (Å²) in [5, 5.41) is 0. The molecule has 17 heavy (non-hydrogen) atoms. The number of aromatic nitrogens is 2. The van der Waals surface area contributed by atoms with Crippen molar-refractivity contribution in [1.82, 2.24) is 9.13 Å². The van der Waals surface area contributed by atoms with Gasteiger partial charge in [-0.15, -0.1) is 6.58 Å². The van der Waals surface area contributed by atoms with E-state index in [4.69, 9.17) is 0 Å². The summed E-state index contributed by atoms with van der Waals surface area (Å²) < 4.78 is 3.65. The number of nitrogens with zero attached hydrogens (tertiary/aromatic N) is 2. The summed E-state index contributed by atoms with van der Waals surface area (Å²) in [7, 11) is 0. The molecule has 0 fully saturated rings. The van der Waals surface area contributed by atoms with Gasteiger partial charge >= 0.3 is 5.69 Å². The zero-order valence-electron chi connectivity index (χ0n) is 10.4. The van der Waals surface area contributed by atoms with Crippen LogP contribution in [0.3, 0.4) is 0 Å². The second kappa shape index (κ2) is 4.62. The Hall–Kier alpha value is -1.77. The molecule has 0 saturated heterocycles. The normalized spacial score (nSPS) is 10.9. The zero-order valence-corrected chi connectivity index (χ0v) is 10.4. The second-order valence-corrected chi connectivity index (χ2v) is 4.37. The minimum absolute atomic E-state index is 0.0787. The Labute approximate surface area is 101 Å². The highest BCUT2D eigenvalue weighted by Gasteiger charge is 2.10. The van der Waals surface area contributed by atoms with Crippen LogP contribution in [0.4, 0.5) is 0 Å². The molecule has 1 aromatic heterocycles. The van der Waals surface area contributed by atoms with E-state index in [0.717, 1.165) is 23.0 Å². The summed E-state index contributed by atoms with van der Waals surface area (Å²) in [6, 6.07) is 7.94. The Bertz CT molecular complexity index is 604. The Morgan fingerprint density at radius 1 is 1.24 bits per heavy atom. The van der Waals surface area contributed by atoms with Crippen molar-refractivity contribution in [2.75, 3.05) is 0 Å². The van der Waals surface area contributed by atoms with Crippen LogP contribution in [-0.4, -0.2) is 9.13 Å². The highest BCUT2D eigenvalue weighted by molar-refractivity contribution is 5.75. The van der Waals surface area contributed by atoms with E-state index in [1.165, 1.54) is 0 Å². The standard InChI is InChI=1S/C14H18N2O/c1-4-15-12-7-5-6-8-13(12)16(14(15)17)10-9-11(2)3/h5-8H,2,4,9-10H2,1,3H3. The van der Waals surface area contributed by atoms with Crippen molar-refractivity contribution in [3.63, 3.8) is 0 Å². The van der Waals surface area contributed by atoms with Gasteiger partial charge in [0.2, 0.25) is 0 Å². The van der Waals surface area contributed by atoms with Crippen LogP contribution >= 0.6 is 0 Å². The van der Waals surface area contributed by atoms with Gasteiger partial charge in [0.25, 0.3) is 0 Å². The van der Waals surface area contributed by atoms with Gasteiger partial charge < -0.3 is 0 Å². The van der Waals surface area contributed by atoms with Crippen molar-refractivity contribution in [2.24, 2.45) is 0 Å². The van der Waals surface area contributed by atoms with Crippen LogP contribution in [0.1, 0.15) is 20.3 Å². The van der Waals surface area contributed by atoms with Crippen LogP contribution in [0.5, 0.6) is 0 Å². The first kappa shape index (κ1) is 11.7. The number of aryl methyl sites for hydroxylation is 2. The third-order valence-electron chi connectivity index (χ3n) is 3.00. The van der Waals surface area contributed by atoms with Gasteiger partial charge in [-0.05, 0) is 32.4 Å². The monoisotopic (exact) mass is 230 g/mol. The van der Waals surface area contributed by atoms with Crippen LogP contribution in [0, 0.1) is 0 Å². The summed E-state index contributed by atoms with van der Waals surface area (Å²) >= 11 is 0. The molecule has 0 bridgehead atoms. The first-order valence-electron chi connectivity index (χ1n) is 5.97. The van der Waals surface area contributed by atoms with Crippen LogP contribution in [0.15, 0.2) is 41.2 Å². The van der Waals surface area contributed by atoms with Crippen molar-refractivity contribution in [3.8, 4) is 0 Å². The van der Waals surface area contributed by atoms with Gasteiger partial charge in [0, 0.05) is 13.1 Å². The molecule has 2 rings (SSSR count). The van der Waals surface area contributed by atoms with E-state index < -0.39 is 0 Å². The summed E-state index contributed by atoms with van der Waals surface area (Å²) in [5.41, 5.74) is 3.21. The highest BCUT2D eigenvalue weighted by Crippen LogP contribution is 2.13. The molecule has 0 aliphatic carbocycles. The molecule has 0 aliphatic heterocycles. The predicted octanol–water partition coefficient (Wildman–Crippen LogP) is 2.79. The molecule has 0 aliphatic rings. The second-order valence-electron chi connectivity index (χ2n) is 4.37. The minimum atomic E-state index is 0.0787. The molecule has 0 spiro atoms. The Kier molecular flexibility index (Phi) is 3.18. The lowest BCUT2D eigenvalue weighted by Crippen LogP contribution is -2.23. The van der Waals surface area contributed by atoms with Crippen LogP contribution in [-0.2, 0) is 13.1 Å². The number of hydrogen-bond donors (Lipinski definition) is 0. The topological polar surface area (TPSA) is 26.9 Å². The summed E-state index contributed by atoms with van der Waals surface area (Å²) in [4.78, 5) is 12.2. The smallest absolute Gasteiger partial charge is 0.292 e. The summed E-state index contributed by atoms with van der Waals surface area (Å²) in [6.07, 6.45) is 0.845. The minimum Gasteiger partial charge on any atom is -0.292 e. The van der Waals surface area contributed by atoms with Gasteiger partial charge in [-0.3, -0.25) is 9.13 Å². The molecule has 0 radical (unpaired) electrons. The van der Waals surface area contributed by atoms with Crippen LogP contribution in [0.2, 0.25) is 0 Å². The van der Waals surface area contributed by atoms with Gasteiger partial charge in [0.15, 0.2) is 0 Å². The van der Waals surface area contributed by atoms with Crippen LogP contribution in [0.25, 0.3) is 11.0 Å². The maximum Gasteiger partial charge on any atom is 0.329 e. The molecule has 0 saturated carbocycles. The van der Waals surface area contributed by atoms with Gasteiger partial charge in [0.05, 0.1) is 11.0 Å². The number of hydrogen-bond acceptors (Lipinski definition) is 1. The van der Waals surface area contributed by atoms with E-state index in [0.29, 0.717) is 13.1 Å². The lowest BCUT2D eigenvalue weighted by atomic mass is 10.2. The van der Waals surface area contributed by atoms with Gasteiger partial charge in [-0.25, -0.2) is 4.79 Å². The number of allylic oxidation sites excluding steroid dienone is 1. The number of benzene rings is 1. The van der Waals surface area contributed by atoms with Crippen molar-refractivity contribution >= 4 is 11.0 Å². The fourth-order valence-electron chi connectivity index (χ4n) is 2.10. The van der Waals surface area contributed by atoms with Crippen molar-refractivity contribution in [1.29, 1.82) is 0 Å². The molecule has 2 aromatic rings. The summed E-state index contributed by atoms with van der Waals surface area (Å²) in [5.74, 6) is 0. The van der Waals surface area contributed by atoms with Crippen molar-refractivity contribution in [3.05, 3.63) is 46.9 Å².